The molecule has 0 amide bonds. The normalized spacial score (nSPS) is 13.0. The molecule has 5 heteroatoms. The Morgan fingerprint density at radius 2 is 1.57 bits per heavy atom. The molecule has 1 aliphatic rings. The molecule has 0 spiro atoms. The third kappa shape index (κ3) is 2.76. The number of carbonyl (C=O) groups excluding carboxylic acids is 2. The smallest absolute Gasteiger partial charge is 0.196 e. The van der Waals surface area contributed by atoms with Crippen LogP contribution < -0.4 is 5.32 Å². The summed E-state index contributed by atoms with van der Waals surface area (Å²) in [5, 5.41) is 3.57. The molecular weight excluding hydrogens is 312 g/mol. The van der Waals surface area contributed by atoms with Gasteiger partial charge in [0.05, 0.1) is 16.1 Å². The summed E-state index contributed by atoms with van der Waals surface area (Å²) in [6.45, 7) is 1.52. The molecule has 23 heavy (non-hydrogen) atoms. The van der Waals surface area contributed by atoms with Crippen LogP contribution in [0.1, 0.15) is 31.8 Å². The minimum absolute atomic E-state index is 0.162. The average Bonchev–Trinajstić information content (AvgIpc) is 2.52. The molecule has 0 heterocycles. The summed E-state index contributed by atoms with van der Waals surface area (Å²) >= 11 is 6.13. The number of nitrogens with one attached hydrogen (secondary N) is 1. The first-order valence-corrected chi connectivity index (χ1v) is 7.78. The average molecular weight is 329 g/mol. The largest absolute Gasteiger partial charge is 0.383 e. The van der Waals surface area contributed by atoms with Gasteiger partial charge in [0.1, 0.15) is 0 Å². The van der Waals surface area contributed by atoms with E-state index in [2.05, 4.69) is 5.32 Å². The van der Waals surface area contributed by atoms with Crippen molar-refractivity contribution in [2.45, 2.75) is 0 Å². The third-order valence-corrected chi connectivity index (χ3v) is 4.21. The van der Waals surface area contributed by atoms with Crippen LogP contribution in [0.25, 0.3) is 0 Å². The summed E-state index contributed by atoms with van der Waals surface area (Å²) in [6, 6.07) is 10.3. The first kappa shape index (κ1) is 15.7. The van der Waals surface area contributed by atoms with Gasteiger partial charge in [0.15, 0.2) is 11.6 Å². The minimum Gasteiger partial charge on any atom is -0.383 e. The summed E-state index contributed by atoms with van der Waals surface area (Å²) in [4.78, 5) is 27.6. The number of anilines is 1. The van der Waals surface area contributed by atoms with E-state index in [1.165, 1.54) is 0 Å². The van der Waals surface area contributed by atoms with Gasteiger partial charge in [-0.15, -0.1) is 0 Å². The summed E-state index contributed by atoms with van der Waals surface area (Å²) < 4.78 is 0. The minimum atomic E-state index is -0.198. The van der Waals surface area contributed by atoms with Crippen molar-refractivity contribution in [1.29, 1.82) is 0 Å². The Kier molecular flexibility index (Phi) is 4.20. The summed E-state index contributed by atoms with van der Waals surface area (Å²) in [5.41, 5.74) is 2.21. The molecule has 0 saturated carbocycles. The lowest BCUT2D eigenvalue weighted by atomic mass is 9.83. The van der Waals surface area contributed by atoms with Crippen LogP contribution in [-0.4, -0.2) is 43.7 Å². The third-order valence-electron chi connectivity index (χ3n) is 3.90. The first-order valence-electron chi connectivity index (χ1n) is 7.40. The maximum atomic E-state index is 12.9. The van der Waals surface area contributed by atoms with Crippen LogP contribution in [0.2, 0.25) is 5.02 Å². The van der Waals surface area contributed by atoms with Crippen LogP contribution in [-0.2, 0) is 0 Å². The van der Waals surface area contributed by atoms with Gasteiger partial charge in [-0.1, -0.05) is 35.9 Å². The van der Waals surface area contributed by atoms with E-state index in [1.54, 1.807) is 30.3 Å². The zero-order chi connectivity index (χ0) is 16.6. The lowest BCUT2D eigenvalue weighted by molar-refractivity contribution is 0.0979. The Morgan fingerprint density at radius 1 is 0.957 bits per heavy atom. The SMILES string of the molecule is CN(C)CCNc1cccc2c1C(=O)c1cccc(Cl)c1C2=O. The lowest BCUT2D eigenvalue weighted by Crippen LogP contribution is -2.25. The van der Waals surface area contributed by atoms with Gasteiger partial charge in [-0.3, -0.25) is 9.59 Å². The van der Waals surface area contributed by atoms with Crippen molar-refractivity contribution >= 4 is 28.9 Å². The van der Waals surface area contributed by atoms with Crippen LogP contribution in [0.3, 0.4) is 0 Å². The quantitative estimate of drug-likeness (QED) is 0.799. The number of ketones is 2. The van der Waals surface area contributed by atoms with E-state index in [0.29, 0.717) is 39.5 Å². The number of fused-ring (bicyclic) bond motifs is 2. The van der Waals surface area contributed by atoms with Gasteiger partial charge in [0.2, 0.25) is 0 Å². The van der Waals surface area contributed by atoms with Crippen LogP contribution in [0.5, 0.6) is 0 Å². The van der Waals surface area contributed by atoms with Gasteiger partial charge in [-0.05, 0) is 26.2 Å². The monoisotopic (exact) mass is 328 g/mol. The Labute approximate surface area is 140 Å². The molecule has 0 aliphatic heterocycles. The second kappa shape index (κ2) is 6.14. The Morgan fingerprint density at radius 3 is 2.26 bits per heavy atom. The molecule has 2 aromatic rings. The lowest BCUT2D eigenvalue weighted by Gasteiger charge is -2.22. The van der Waals surface area contributed by atoms with Gasteiger partial charge < -0.3 is 10.2 Å². The van der Waals surface area contributed by atoms with E-state index < -0.39 is 0 Å². The maximum Gasteiger partial charge on any atom is 0.196 e. The van der Waals surface area contributed by atoms with Crippen LogP contribution in [0.15, 0.2) is 36.4 Å². The molecular formula is C18H17ClN2O2. The summed E-state index contributed by atoms with van der Waals surface area (Å²) in [5.74, 6) is -0.360. The fraction of sp³-hybridized carbons (Fsp3) is 0.222. The highest BCUT2D eigenvalue weighted by molar-refractivity contribution is 6.39. The highest BCUT2D eigenvalue weighted by Crippen LogP contribution is 2.34. The predicted octanol–water partition coefficient (Wildman–Crippen LogP) is 3.09. The predicted molar refractivity (Wildman–Crippen MR) is 91.8 cm³/mol. The van der Waals surface area contributed by atoms with E-state index in [9.17, 15) is 9.59 Å². The summed E-state index contributed by atoms with van der Waals surface area (Å²) in [7, 11) is 3.96. The highest BCUT2D eigenvalue weighted by atomic mass is 35.5. The van der Waals surface area contributed by atoms with Crippen molar-refractivity contribution in [3.63, 3.8) is 0 Å². The van der Waals surface area contributed by atoms with Crippen LogP contribution in [0.4, 0.5) is 5.69 Å². The molecule has 0 unspecified atom stereocenters. The maximum absolute atomic E-state index is 12.9. The molecule has 3 rings (SSSR count). The molecule has 1 N–H and O–H groups in total. The fourth-order valence-corrected chi connectivity index (χ4v) is 3.02. The van der Waals surface area contributed by atoms with E-state index in [1.807, 2.05) is 25.1 Å². The topological polar surface area (TPSA) is 49.4 Å². The number of carbonyl (C=O) groups is 2. The zero-order valence-corrected chi connectivity index (χ0v) is 13.8. The first-order chi connectivity index (χ1) is 11.0. The van der Waals surface area contributed by atoms with Crippen molar-refractivity contribution in [2.75, 3.05) is 32.5 Å². The van der Waals surface area contributed by atoms with Crippen molar-refractivity contribution in [3.8, 4) is 0 Å². The molecule has 0 atom stereocenters. The number of benzene rings is 2. The number of rotatable bonds is 4. The van der Waals surface area contributed by atoms with Gasteiger partial charge in [-0.2, -0.15) is 0 Å². The zero-order valence-electron chi connectivity index (χ0n) is 13.0. The number of likely N-dealkylation sites (N-methyl/N-ethyl adjacent to an activating group) is 1. The summed E-state index contributed by atoms with van der Waals surface area (Å²) in [6.07, 6.45) is 0. The number of hydrogen-bond acceptors (Lipinski definition) is 4. The molecule has 0 radical (unpaired) electrons. The van der Waals surface area contributed by atoms with Crippen molar-refractivity contribution in [1.82, 2.24) is 4.90 Å². The van der Waals surface area contributed by atoms with Crippen molar-refractivity contribution < 1.29 is 9.59 Å². The molecule has 2 aromatic carbocycles. The second-order valence-electron chi connectivity index (χ2n) is 5.78. The second-order valence-corrected chi connectivity index (χ2v) is 6.19. The number of halogens is 1. The standard InChI is InChI=1S/C18H17ClN2O2/c1-21(2)10-9-20-14-8-4-6-12-16(14)18(23)11-5-3-7-13(19)15(11)17(12)22/h3-8,20H,9-10H2,1-2H3. The van der Waals surface area contributed by atoms with E-state index >= 15 is 0 Å². The highest BCUT2D eigenvalue weighted by Gasteiger charge is 2.32. The number of nitrogens with zero attached hydrogens (tertiary/aromatic N) is 1. The Hall–Kier alpha value is -2.17. The Balaban J connectivity index is 2.05. The van der Waals surface area contributed by atoms with Crippen LogP contribution >= 0.6 is 11.6 Å². The fourth-order valence-electron chi connectivity index (χ4n) is 2.76. The Bertz CT molecular complexity index is 800. The van der Waals surface area contributed by atoms with Gasteiger partial charge in [-0.25, -0.2) is 0 Å². The molecule has 1 aliphatic carbocycles. The van der Waals surface area contributed by atoms with Gasteiger partial charge >= 0.3 is 0 Å². The molecule has 0 bridgehead atoms. The van der Waals surface area contributed by atoms with E-state index in [0.717, 1.165) is 6.54 Å². The van der Waals surface area contributed by atoms with Crippen LogP contribution in [0, 0.1) is 0 Å². The van der Waals surface area contributed by atoms with Crippen molar-refractivity contribution in [3.05, 3.63) is 63.7 Å². The van der Waals surface area contributed by atoms with E-state index in [-0.39, 0.29) is 11.6 Å². The van der Waals surface area contributed by atoms with E-state index in [4.69, 9.17) is 11.6 Å². The molecule has 0 fully saturated rings. The molecule has 0 aromatic heterocycles. The van der Waals surface area contributed by atoms with Gasteiger partial charge in [0.25, 0.3) is 0 Å². The van der Waals surface area contributed by atoms with Crippen molar-refractivity contribution in [2.24, 2.45) is 0 Å². The number of hydrogen-bond donors (Lipinski definition) is 1. The molecule has 118 valence electrons. The molecule has 4 nitrogen and oxygen atoms in total. The molecule has 0 saturated heterocycles. The van der Waals surface area contributed by atoms with Gasteiger partial charge in [0, 0.05) is 29.9 Å².